The molecule has 262 valence electrons. The van der Waals surface area contributed by atoms with Crippen molar-refractivity contribution < 1.29 is 9.47 Å². The average Bonchev–Trinajstić information content (AvgIpc) is 3.81. The number of allylic oxidation sites excluding steroid dienone is 1. The second kappa shape index (κ2) is 14.7. The lowest BCUT2D eigenvalue weighted by Crippen LogP contribution is -2.14. The lowest BCUT2D eigenvalue weighted by atomic mass is 10.0. The third-order valence-corrected chi connectivity index (χ3v) is 12.1. The maximum Gasteiger partial charge on any atom is 0.180 e. The number of hydrogen-bond donors (Lipinski definition) is 0. The summed E-state index contributed by atoms with van der Waals surface area (Å²) < 4.78 is 13.6. The topological polar surface area (TPSA) is 34.1 Å². The Hall–Kier alpha value is -6.21. The predicted molar refractivity (Wildman–Crippen MR) is 231 cm³/mol. The Morgan fingerprint density at radius 1 is 0.556 bits per heavy atom. The molecule has 0 amide bonds. The van der Waals surface area contributed by atoms with Crippen LogP contribution in [0.25, 0.3) is 59.3 Å². The van der Waals surface area contributed by atoms with Gasteiger partial charge in [0.15, 0.2) is 11.5 Å². The van der Waals surface area contributed by atoms with Crippen molar-refractivity contribution in [3.8, 4) is 54.6 Å². The molecule has 8 aromatic rings. The van der Waals surface area contributed by atoms with Crippen LogP contribution in [0.4, 0.5) is 22.1 Å². The summed E-state index contributed by atoms with van der Waals surface area (Å²) in [5.74, 6) is 1.67. The zero-order valence-electron chi connectivity index (χ0n) is 29.7. The highest BCUT2D eigenvalue weighted by molar-refractivity contribution is 7.23. The predicted octanol–water partition coefficient (Wildman–Crippen LogP) is 14.2. The van der Waals surface area contributed by atoms with Crippen molar-refractivity contribution in [3.05, 3.63) is 163 Å². The van der Waals surface area contributed by atoms with E-state index in [1.807, 2.05) is 13.0 Å². The van der Waals surface area contributed by atoms with Gasteiger partial charge in [-0.05, 0) is 83.4 Å². The first-order valence-electron chi connectivity index (χ1n) is 18.0. The molecule has 0 fully saturated rings. The van der Waals surface area contributed by atoms with Gasteiger partial charge >= 0.3 is 0 Å². The molecule has 6 heteroatoms. The van der Waals surface area contributed by atoms with Crippen LogP contribution in [0.15, 0.2) is 163 Å². The van der Waals surface area contributed by atoms with E-state index < -0.39 is 0 Å². The van der Waals surface area contributed by atoms with Crippen LogP contribution < -0.4 is 14.4 Å². The normalized spacial score (nSPS) is 12.3. The van der Waals surface area contributed by atoms with Crippen LogP contribution in [0.3, 0.4) is 0 Å². The number of rotatable bonds is 9. The number of ether oxygens (including phenoxy) is 2. The number of hydrogen-bond acceptors (Lipinski definition) is 6. The highest BCUT2D eigenvalue weighted by Crippen LogP contribution is 2.54. The fourth-order valence-electron chi connectivity index (χ4n) is 7.15. The molecule has 0 atom stereocenters. The molecule has 0 N–H and O–H groups in total. The first-order valence-corrected chi connectivity index (χ1v) is 19.6. The average molecular weight is 737 g/mol. The molecule has 2 aromatic heterocycles. The minimum Gasteiger partial charge on any atom is -0.485 e. The monoisotopic (exact) mass is 736 g/mol. The van der Waals surface area contributed by atoms with Crippen LogP contribution in [-0.2, 0) is 0 Å². The molecule has 6 aromatic carbocycles. The molecule has 0 aliphatic carbocycles. The maximum atomic E-state index is 6.24. The minimum atomic E-state index is 0.538. The fourth-order valence-corrected chi connectivity index (χ4v) is 9.48. The van der Waals surface area contributed by atoms with Crippen molar-refractivity contribution in [1.82, 2.24) is 0 Å². The summed E-state index contributed by atoms with van der Waals surface area (Å²) in [7, 11) is 0. The third kappa shape index (κ3) is 6.19. The van der Waals surface area contributed by atoms with Gasteiger partial charge in [0.25, 0.3) is 0 Å². The molecule has 3 heterocycles. The van der Waals surface area contributed by atoms with E-state index >= 15 is 0 Å². The number of benzene rings is 6. The highest BCUT2D eigenvalue weighted by Gasteiger charge is 2.26. The highest BCUT2D eigenvalue weighted by atomic mass is 32.1. The first-order chi connectivity index (χ1) is 26.7. The molecule has 0 spiro atoms. The molecule has 0 radical (unpaired) electrons. The Bertz CT molecular complexity index is 2610. The van der Waals surface area contributed by atoms with E-state index in [2.05, 4.69) is 174 Å². The van der Waals surface area contributed by atoms with Gasteiger partial charge in [-0.15, -0.1) is 22.7 Å². The van der Waals surface area contributed by atoms with Gasteiger partial charge < -0.3 is 14.4 Å². The van der Waals surface area contributed by atoms with Gasteiger partial charge in [-0.1, -0.05) is 127 Å². The summed E-state index contributed by atoms with van der Waals surface area (Å²) in [5.41, 5.74) is 11.3. The molecular formula is C48H36N2O2S2. The Morgan fingerprint density at radius 2 is 1.06 bits per heavy atom. The summed E-state index contributed by atoms with van der Waals surface area (Å²) in [6.45, 7) is 6.97. The van der Waals surface area contributed by atoms with Crippen LogP contribution >= 0.6 is 22.7 Å². The second-order valence-electron chi connectivity index (χ2n) is 13.0. The molecular weight excluding hydrogens is 701 g/mol. The number of nitrogens with zero attached hydrogens (tertiary/aromatic N) is 2. The molecule has 1 aliphatic rings. The van der Waals surface area contributed by atoms with Crippen molar-refractivity contribution in [2.24, 2.45) is 4.99 Å². The van der Waals surface area contributed by atoms with Crippen molar-refractivity contribution in [1.29, 1.82) is 0 Å². The van der Waals surface area contributed by atoms with Gasteiger partial charge in [-0.25, -0.2) is 0 Å². The molecule has 1 aliphatic heterocycles. The lowest BCUT2D eigenvalue weighted by molar-refractivity contribution is 0.175. The van der Waals surface area contributed by atoms with Gasteiger partial charge in [-0.3, -0.25) is 4.99 Å². The summed E-state index contributed by atoms with van der Waals surface area (Å²) in [5, 5.41) is 2.14. The van der Waals surface area contributed by atoms with Gasteiger partial charge in [0.1, 0.15) is 18.2 Å². The van der Waals surface area contributed by atoms with E-state index in [1.165, 1.54) is 26.8 Å². The Morgan fingerprint density at radius 3 is 1.61 bits per heavy atom. The van der Waals surface area contributed by atoms with Crippen LogP contribution in [0.1, 0.15) is 12.5 Å². The van der Waals surface area contributed by atoms with Crippen molar-refractivity contribution >= 4 is 67.6 Å². The van der Waals surface area contributed by atoms with Gasteiger partial charge in [-0.2, -0.15) is 0 Å². The van der Waals surface area contributed by atoms with Crippen LogP contribution in [0.2, 0.25) is 0 Å². The molecule has 0 bridgehead atoms. The zero-order valence-corrected chi connectivity index (χ0v) is 31.4. The summed E-state index contributed by atoms with van der Waals surface area (Å²) in [6, 6.07) is 53.9. The Labute approximate surface area is 323 Å². The summed E-state index contributed by atoms with van der Waals surface area (Å²) in [4.78, 5) is 8.84. The van der Waals surface area contributed by atoms with Crippen molar-refractivity contribution in [2.75, 3.05) is 18.1 Å². The molecule has 9 rings (SSSR count). The molecule has 0 unspecified atom stereocenters. The number of anilines is 3. The van der Waals surface area contributed by atoms with Gasteiger partial charge in [0, 0.05) is 32.7 Å². The molecule has 0 saturated carbocycles. The summed E-state index contributed by atoms with van der Waals surface area (Å²) in [6.07, 6.45) is 4.18. The zero-order chi connectivity index (χ0) is 36.4. The quantitative estimate of drug-likeness (QED) is 0.138. The van der Waals surface area contributed by atoms with E-state index in [9.17, 15) is 0 Å². The molecule has 4 nitrogen and oxygen atoms in total. The lowest BCUT2D eigenvalue weighted by Gasteiger charge is -2.26. The van der Waals surface area contributed by atoms with Gasteiger partial charge in [0.05, 0.1) is 9.75 Å². The van der Waals surface area contributed by atoms with E-state index in [0.717, 1.165) is 65.6 Å². The largest absolute Gasteiger partial charge is 0.485 e. The number of aliphatic imine (C=N–C) groups is 1. The Kier molecular flexibility index (Phi) is 9.13. The van der Waals surface area contributed by atoms with E-state index in [4.69, 9.17) is 9.47 Å². The van der Waals surface area contributed by atoms with Crippen LogP contribution in [-0.4, -0.2) is 19.9 Å². The fraction of sp³-hybridized carbons (Fsp3) is 0.0625. The van der Waals surface area contributed by atoms with Crippen LogP contribution in [0, 0.1) is 0 Å². The first kappa shape index (κ1) is 33.6. The molecule has 54 heavy (non-hydrogen) atoms. The van der Waals surface area contributed by atoms with E-state index in [0.29, 0.717) is 13.2 Å². The van der Waals surface area contributed by atoms with Crippen molar-refractivity contribution in [3.63, 3.8) is 0 Å². The molecule has 0 saturated heterocycles. The maximum absolute atomic E-state index is 6.24. The van der Waals surface area contributed by atoms with E-state index in [1.54, 1.807) is 22.7 Å². The Balaban J connectivity index is 1.11. The number of fused-ring (bicyclic) bond motifs is 2. The third-order valence-electron chi connectivity index (χ3n) is 9.70. The minimum absolute atomic E-state index is 0.538. The van der Waals surface area contributed by atoms with Crippen molar-refractivity contribution in [2.45, 2.75) is 6.92 Å². The van der Waals surface area contributed by atoms with Crippen LogP contribution in [0.5, 0.6) is 11.5 Å². The van der Waals surface area contributed by atoms with Gasteiger partial charge in [0.2, 0.25) is 0 Å². The summed E-state index contributed by atoms with van der Waals surface area (Å²) >= 11 is 3.41. The number of thiophene rings is 2. The standard InChI is InChI=1S/C48H36N2O2S2/c1-3-11-42-41-17-10-16-40(47(41)54-48(42)49-2)34-20-26-38(27-21-34)50(37-24-18-33(19-25-37)32-12-6-4-7-13-32)39-28-22-36(23-29-39)46-44-43(51-30-31-52-44)45(53-46)35-14-8-5-9-15-35/h3-29H,2,30-31H2,1H3/b11-3-. The second-order valence-corrected chi connectivity index (χ2v) is 15.0. The SMILES string of the molecule is C=Nc1sc2c(-c3ccc(N(c4ccc(-c5ccccc5)cc4)c4ccc(-c5sc(-c6ccccc6)c6c5OCCO6)cc4)cc3)cccc2c1/C=C\C. The smallest absolute Gasteiger partial charge is 0.180 e. The van der Waals surface area contributed by atoms with E-state index in [-0.39, 0.29) is 0 Å².